The Morgan fingerprint density at radius 3 is 3.06 bits per heavy atom. The third-order valence-corrected chi connectivity index (χ3v) is 6.19. The van der Waals surface area contributed by atoms with Crippen molar-refractivity contribution in [2.75, 3.05) is 20.3 Å². The topological polar surface area (TPSA) is 12.5 Å². The van der Waals surface area contributed by atoms with Crippen LogP contribution in [0.4, 0.5) is 0 Å². The monoisotopic (exact) mass is 269 g/mol. The van der Waals surface area contributed by atoms with Crippen molar-refractivity contribution in [1.29, 1.82) is 0 Å². The maximum Gasteiger partial charge on any atom is 0.0753 e. The number of hydrogen-bond acceptors (Lipinski definition) is 4. The molecule has 1 spiro atoms. The lowest BCUT2D eigenvalue weighted by atomic mass is 9.68. The van der Waals surface area contributed by atoms with E-state index in [0.29, 0.717) is 11.5 Å². The number of ether oxygens (including phenoxy) is 1. The van der Waals surface area contributed by atoms with Gasteiger partial charge in [0.25, 0.3) is 0 Å². The molecular weight excluding hydrogens is 250 g/mol. The smallest absolute Gasteiger partial charge is 0.0753 e. The highest BCUT2D eigenvalue weighted by Gasteiger charge is 2.47. The quantitative estimate of drug-likeness (QED) is 0.774. The fourth-order valence-corrected chi connectivity index (χ4v) is 5.10. The first-order valence-electron chi connectivity index (χ1n) is 6.28. The second-order valence-corrected chi connectivity index (χ2v) is 7.56. The third kappa shape index (κ3) is 2.41. The lowest BCUT2D eigenvalue weighted by Gasteiger charge is -2.38. The van der Waals surface area contributed by atoms with E-state index in [1.54, 1.807) is 0 Å². The normalized spacial score (nSPS) is 27.5. The van der Waals surface area contributed by atoms with Crippen LogP contribution in [0, 0.1) is 5.41 Å². The largest absolute Gasteiger partial charge is 0.383 e. The summed E-state index contributed by atoms with van der Waals surface area (Å²) in [6.07, 6.45) is 5.61. The van der Waals surface area contributed by atoms with E-state index in [9.17, 15) is 0 Å². The SMILES string of the molecule is COCC1CC2(CCC2)CN1Sc1cccs1. The Bertz CT molecular complexity index is 362. The van der Waals surface area contributed by atoms with E-state index in [0.717, 1.165) is 6.61 Å². The van der Waals surface area contributed by atoms with Crippen LogP contribution in [0.25, 0.3) is 0 Å². The third-order valence-electron chi connectivity index (χ3n) is 4.04. The van der Waals surface area contributed by atoms with Crippen molar-refractivity contribution in [3.8, 4) is 0 Å². The average molecular weight is 269 g/mol. The van der Waals surface area contributed by atoms with Crippen LogP contribution in [0.2, 0.25) is 0 Å². The van der Waals surface area contributed by atoms with Crippen LogP contribution < -0.4 is 0 Å². The maximum atomic E-state index is 5.39. The predicted molar refractivity (Wildman–Crippen MR) is 73.4 cm³/mol. The maximum absolute atomic E-state index is 5.39. The summed E-state index contributed by atoms with van der Waals surface area (Å²) in [4.78, 5) is 0. The Balaban J connectivity index is 1.68. The zero-order valence-electron chi connectivity index (χ0n) is 10.2. The number of thiophene rings is 1. The highest BCUT2D eigenvalue weighted by Crippen LogP contribution is 2.52. The first-order chi connectivity index (χ1) is 8.31. The van der Waals surface area contributed by atoms with Crippen LogP contribution in [0.1, 0.15) is 25.7 Å². The molecule has 0 N–H and O–H groups in total. The standard InChI is InChI=1S/C13H19NOS2/c1-15-9-11-8-13(5-3-6-13)10-14(11)17-12-4-2-7-16-12/h2,4,7,11H,3,5-6,8-10H2,1H3. The molecule has 1 aromatic heterocycles. The van der Waals surface area contributed by atoms with Crippen LogP contribution in [0.5, 0.6) is 0 Å². The van der Waals surface area contributed by atoms with Crippen molar-refractivity contribution >= 4 is 23.3 Å². The lowest BCUT2D eigenvalue weighted by molar-refractivity contribution is 0.135. The Hall–Kier alpha value is -0.0300. The number of nitrogens with zero attached hydrogens (tertiary/aromatic N) is 1. The lowest BCUT2D eigenvalue weighted by Crippen LogP contribution is -2.31. The zero-order chi connectivity index (χ0) is 11.7. The molecule has 2 aliphatic rings. The van der Waals surface area contributed by atoms with Gasteiger partial charge in [-0.1, -0.05) is 12.5 Å². The van der Waals surface area contributed by atoms with Gasteiger partial charge in [0.1, 0.15) is 0 Å². The molecule has 1 aromatic rings. The van der Waals surface area contributed by atoms with E-state index >= 15 is 0 Å². The van der Waals surface area contributed by atoms with Crippen molar-refractivity contribution < 1.29 is 4.74 Å². The molecule has 1 aliphatic carbocycles. The average Bonchev–Trinajstić information content (AvgIpc) is 2.87. The van der Waals surface area contributed by atoms with Gasteiger partial charge in [0.2, 0.25) is 0 Å². The molecule has 1 aliphatic heterocycles. The molecule has 0 amide bonds. The van der Waals surface area contributed by atoms with Crippen molar-refractivity contribution in [2.45, 2.75) is 35.9 Å². The molecule has 1 saturated carbocycles. The Morgan fingerprint density at radius 1 is 1.59 bits per heavy atom. The van der Waals surface area contributed by atoms with Gasteiger partial charge >= 0.3 is 0 Å². The zero-order valence-corrected chi connectivity index (χ0v) is 11.9. The Morgan fingerprint density at radius 2 is 2.47 bits per heavy atom. The Labute approximate surface area is 111 Å². The van der Waals surface area contributed by atoms with Gasteiger partial charge in [-0.05, 0) is 48.1 Å². The summed E-state index contributed by atoms with van der Waals surface area (Å²) < 4.78 is 9.35. The van der Waals surface area contributed by atoms with Gasteiger partial charge in [0.15, 0.2) is 0 Å². The molecule has 1 unspecified atom stereocenters. The van der Waals surface area contributed by atoms with Crippen molar-refractivity contribution in [3.05, 3.63) is 17.5 Å². The van der Waals surface area contributed by atoms with Gasteiger partial charge in [0, 0.05) is 19.7 Å². The molecule has 17 heavy (non-hydrogen) atoms. The summed E-state index contributed by atoms with van der Waals surface area (Å²) in [6.45, 7) is 2.13. The van der Waals surface area contributed by atoms with Crippen LogP contribution in [0.3, 0.4) is 0 Å². The highest BCUT2D eigenvalue weighted by molar-refractivity contribution is 7.98. The van der Waals surface area contributed by atoms with Gasteiger partial charge in [-0.25, -0.2) is 4.31 Å². The van der Waals surface area contributed by atoms with Crippen LogP contribution in [0.15, 0.2) is 21.7 Å². The van der Waals surface area contributed by atoms with Crippen molar-refractivity contribution in [1.82, 2.24) is 4.31 Å². The van der Waals surface area contributed by atoms with Gasteiger partial charge in [-0.3, -0.25) is 0 Å². The molecule has 0 radical (unpaired) electrons. The molecule has 2 fully saturated rings. The van der Waals surface area contributed by atoms with E-state index < -0.39 is 0 Å². The molecule has 2 nitrogen and oxygen atoms in total. The minimum Gasteiger partial charge on any atom is -0.383 e. The molecule has 2 heterocycles. The van der Waals surface area contributed by atoms with Gasteiger partial charge in [0.05, 0.1) is 10.8 Å². The number of rotatable bonds is 4. The molecule has 3 rings (SSSR count). The van der Waals surface area contributed by atoms with Crippen molar-refractivity contribution in [3.63, 3.8) is 0 Å². The summed E-state index contributed by atoms with van der Waals surface area (Å²) in [5.74, 6) is 0. The summed E-state index contributed by atoms with van der Waals surface area (Å²) in [5.41, 5.74) is 0.632. The van der Waals surface area contributed by atoms with Gasteiger partial charge < -0.3 is 4.74 Å². The van der Waals surface area contributed by atoms with Crippen LogP contribution >= 0.6 is 23.3 Å². The molecule has 94 valence electrons. The van der Waals surface area contributed by atoms with E-state index in [1.165, 1.54) is 36.4 Å². The van der Waals surface area contributed by atoms with E-state index in [1.807, 2.05) is 30.4 Å². The van der Waals surface area contributed by atoms with E-state index in [-0.39, 0.29) is 0 Å². The highest BCUT2D eigenvalue weighted by atomic mass is 32.2. The fourth-order valence-electron chi connectivity index (χ4n) is 3.04. The molecule has 1 atom stereocenters. The summed E-state index contributed by atoms with van der Waals surface area (Å²) in [7, 11) is 1.82. The van der Waals surface area contributed by atoms with Crippen LogP contribution in [-0.4, -0.2) is 30.6 Å². The number of methoxy groups -OCH3 is 1. The second-order valence-electron chi connectivity index (χ2n) is 5.27. The molecule has 0 aromatic carbocycles. The Kier molecular flexibility index (Phi) is 3.48. The second kappa shape index (κ2) is 4.92. The molecule has 0 bridgehead atoms. The first kappa shape index (κ1) is 12.0. The predicted octanol–water partition coefficient (Wildman–Crippen LogP) is 3.65. The van der Waals surface area contributed by atoms with E-state index in [4.69, 9.17) is 4.74 Å². The molecular formula is C13H19NOS2. The van der Waals surface area contributed by atoms with Crippen molar-refractivity contribution in [2.24, 2.45) is 5.41 Å². The van der Waals surface area contributed by atoms with E-state index in [2.05, 4.69) is 21.8 Å². The fraction of sp³-hybridized carbons (Fsp3) is 0.692. The summed E-state index contributed by atoms with van der Waals surface area (Å²) in [5, 5.41) is 2.16. The van der Waals surface area contributed by atoms with Crippen LogP contribution in [-0.2, 0) is 4.74 Å². The number of hydrogen-bond donors (Lipinski definition) is 0. The summed E-state index contributed by atoms with van der Waals surface area (Å²) in [6, 6.07) is 4.95. The minimum atomic E-state index is 0.604. The summed E-state index contributed by atoms with van der Waals surface area (Å²) >= 11 is 3.77. The minimum absolute atomic E-state index is 0.604. The molecule has 1 saturated heterocycles. The first-order valence-corrected chi connectivity index (χ1v) is 7.94. The van der Waals surface area contributed by atoms with Gasteiger partial charge in [-0.15, -0.1) is 11.3 Å². The molecule has 4 heteroatoms. The van der Waals surface area contributed by atoms with Gasteiger partial charge in [-0.2, -0.15) is 0 Å².